The topological polar surface area (TPSA) is 56.1 Å². The van der Waals surface area contributed by atoms with Gasteiger partial charge in [-0.05, 0) is 37.3 Å². The average Bonchev–Trinajstić information content (AvgIpc) is 2.53. The van der Waals surface area contributed by atoms with Crippen molar-refractivity contribution < 1.29 is 4.79 Å². The van der Waals surface area contributed by atoms with Crippen molar-refractivity contribution in [2.75, 3.05) is 13.1 Å². The first-order valence-electron chi connectivity index (χ1n) is 7.40. The predicted molar refractivity (Wildman–Crippen MR) is 82.1 cm³/mol. The molecule has 0 saturated carbocycles. The van der Waals surface area contributed by atoms with Gasteiger partial charge < -0.3 is 10.2 Å². The molecule has 0 atom stereocenters. The second kappa shape index (κ2) is 7.49. The summed E-state index contributed by atoms with van der Waals surface area (Å²) in [4.78, 5) is 14.0. The minimum absolute atomic E-state index is 0.158. The van der Waals surface area contributed by atoms with Crippen molar-refractivity contribution in [1.82, 2.24) is 10.2 Å². The molecule has 1 saturated heterocycles. The van der Waals surface area contributed by atoms with Crippen LogP contribution in [0.4, 0.5) is 0 Å². The smallest absolute Gasteiger partial charge is 0.265 e. The van der Waals surface area contributed by atoms with Crippen LogP contribution in [0, 0.1) is 18.3 Å². The highest BCUT2D eigenvalue weighted by molar-refractivity contribution is 5.97. The van der Waals surface area contributed by atoms with Crippen LogP contribution in [0.1, 0.15) is 30.4 Å². The molecule has 1 amide bonds. The minimum Gasteiger partial charge on any atom is -0.386 e. The molecule has 2 rings (SSSR count). The quantitative estimate of drug-likeness (QED) is 0.682. The fourth-order valence-electron chi connectivity index (χ4n) is 2.48. The molecular formula is C17H21N3O. The van der Waals surface area contributed by atoms with Crippen LogP contribution in [-0.2, 0) is 11.3 Å². The molecule has 1 aliphatic heterocycles. The molecule has 0 aliphatic carbocycles. The zero-order chi connectivity index (χ0) is 15.1. The van der Waals surface area contributed by atoms with E-state index in [1.807, 2.05) is 37.3 Å². The minimum atomic E-state index is -0.158. The Morgan fingerprint density at radius 1 is 1.33 bits per heavy atom. The first kappa shape index (κ1) is 15.1. The van der Waals surface area contributed by atoms with Crippen LogP contribution in [-0.4, -0.2) is 23.9 Å². The van der Waals surface area contributed by atoms with E-state index < -0.39 is 0 Å². The number of piperidine rings is 1. The number of carbonyl (C=O) groups is 1. The number of carbonyl (C=O) groups excluding carboxylic acids is 1. The first-order valence-corrected chi connectivity index (χ1v) is 7.40. The monoisotopic (exact) mass is 283 g/mol. The lowest BCUT2D eigenvalue weighted by atomic mass is 10.1. The molecule has 0 radical (unpaired) electrons. The molecule has 1 heterocycles. The number of amides is 1. The third-order valence-electron chi connectivity index (χ3n) is 3.79. The lowest BCUT2D eigenvalue weighted by Gasteiger charge is -2.26. The van der Waals surface area contributed by atoms with Crippen LogP contribution in [0.5, 0.6) is 0 Å². The van der Waals surface area contributed by atoms with Crippen LogP contribution < -0.4 is 5.32 Å². The van der Waals surface area contributed by atoms with Gasteiger partial charge in [-0.3, -0.25) is 4.79 Å². The summed E-state index contributed by atoms with van der Waals surface area (Å²) in [7, 11) is 0. The largest absolute Gasteiger partial charge is 0.386 e. The third-order valence-corrected chi connectivity index (χ3v) is 3.79. The Morgan fingerprint density at radius 3 is 2.71 bits per heavy atom. The van der Waals surface area contributed by atoms with Crippen molar-refractivity contribution in [3.05, 3.63) is 47.2 Å². The van der Waals surface area contributed by atoms with Crippen LogP contribution >= 0.6 is 0 Å². The van der Waals surface area contributed by atoms with Crippen LogP contribution in [0.15, 0.2) is 36.0 Å². The molecule has 1 fully saturated rings. The van der Waals surface area contributed by atoms with Crippen LogP contribution in [0.2, 0.25) is 0 Å². The molecule has 0 aromatic heterocycles. The fourth-order valence-corrected chi connectivity index (χ4v) is 2.48. The summed E-state index contributed by atoms with van der Waals surface area (Å²) in [6, 6.07) is 10.1. The van der Waals surface area contributed by atoms with E-state index in [0.29, 0.717) is 6.54 Å². The molecule has 1 aliphatic rings. The number of aryl methyl sites for hydroxylation is 1. The molecule has 0 unspecified atom stereocenters. The maximum Gasteiger partial charge on any atom is 0.265 e. The Labute approximate surface area is 126 Å². The van der Waals surface area contributed by atoms with Gasteiger partial charge in [-0.15, -0.1) is 0 Å². The summed E-state index contributed by atoms with van der Waals surface area (Å²) in [5.74, 6) is -0.158. The molecule has 21 heavy (non-hydrogen) atoms. The number of hydrogen-bond acceptors (Lipinski definition) is 3. The Bertz CT molecular complexity index is 566. The third kappa shape index (κ3) is 4.09. The van der Waals surface area contributed by atoms with Crippen molar-refractivity contribution in [3.8, 4) is 6.07 Å². The highest BCUT2D eigenvalue weighted by Gasteiger charge is 2.19. The molecule has 1 N–H and O–H groups in total. The van der Waals surface area contributed by atoms with E-state index in [1.165, 1.54) is 12.0 Å². The van der Waals surface area contributed by atoms with Crippen molar-refractivity contribution >= 4 is 5.91 Å². The number of likely N-dealkylation sites (tertiary alicyclic amines) is 1. The Hall–Kier alpha value is -2.28. The fraction of sp³-hybridized carbons (Fsp3) is 0.412. The molecule has 110 valence electrons. The van der Waals surface area contributed by atoms with E-state index in [1.54, 1.807) is 11.1 Å². The highest BCUT2D eigenvalue weighted by atomic mass is 16.2. The van der Waals surface area contributed by atoms with Crippen molar-refractivity contribution in [3.63, 3.8) is 0 Å². The van der Waals surface area contributed by atoms with Crippen LogP contribution in [0.3, 0.4) is 0 Å². The summed E-state index contributed by atoms with van der Waals surface area (Å²) < 4.78 is 0. The Morgan fingerprint density at radius 2 is 2.05 bits per heavy atom. The summed E-state index contributed by atoms with van der Waals surface area (Å²) >= 11 is 0. The van der Waals surface area contributed by atoms with Gasteiger partial charge in [-0.1, -0.05) is 24.3 Å². The van der Waals surface area contributed by atoms with Gasteiger partial charge in [0.15, 0.2) is 0 Å². The molecule has 0 bridgehead atoms. The number of nitrogens with zero attached hydrogens (tertiary/aromatic N) is 2. The maximum atomic E-state index is 12.2. The van der Waals surface area contributed by atoms with E-state index in [-0.39, 0.29) is 11.5 Å². The van der Waals surface area contributed by atoms with Gasteiger partial charge in [0, 0.05) is 25.8 Å². The zero-order valence-corrected chi connectivity index (χ0v) is 12.4. The Kier molecular flexibility index (Phi) is 5.39. The van der Waals surface area contributed by atoms with Gasteiger partial charge in [0.2, 0.25) is 0 Å². The van der Waals surface area contributed by atoms with Gasteiger partial charge >= 0.3 is 0 Å². The zero-order valence-electron chi connectivity index (χ0n) is 12.4. The first-order chi connectivity index (χ1) is 10.2. The van der Waals surface area contributed by atoms with E-state index in [2.05, 4.69) is 5.32 Å². The van der Waals surface area contributed by atoms with Gasteiger partial charge in [0.05, 0.1) is 0 Å². The molecule has 4 nitrogen and oxygen atoms in total. The molecule has 1 aromatic rings. The molecular weight excluding hydrogens is 262 g/mol. The average molecular weight is 283 g/mol. The van der Waals surface area contributed by atoms with E-state index in [4.69, 9.17) is 0 Å². The normalized spacial score (nSPS) is 15.4. The second-order valence-corrected chi connectivity index (χ2v) is 5.33. The van der Waals surface area contributed by atoms with Gasteiger partial charge in [0.25, 0.3) is 5.91 Å². The molecule has 1 aromatic carbocycles. The number of benzene rings is 1. The summed E-state index contributed by atoms with van der Waals surface area (Å²) in [6.07, 6.45) is 4.77. The van der Waals surface area contributed by atoms with E-state index in [0.717, 1.165) is 31.5 Å². The standard InChI is InChI=1S/C17H21N3O/c1-14-7-3-4-8-15(14)12-19-13-16(11-18)17(21)20-9-5-2-6-10-20/h3-4,7-8,13,19H,2,5-6,9-10,12H2,1H3/b16-13-. The summed E-state index contributed by atoms with van der Waals surface area (Å²) in [6.45, 7) is 4.18. The predicted octanol–water partition coefficient (Wildman–Crippen LogP) is 2.50. The number of nitrogens with one attached hydrogen (secondary N) is 1. The lowest BCUT2D eigenvalue weighted by Crippen LogP contribution is -2.36. The number of nitriles is 1. The highest BCUT2D eigenvalue weighted by Crippen LogP contribution is 2.12. The number of hydrogen-bond donors (Lipinski definition) is 1. The molecule has 4 heteroatoms. The van der Waals surface area contributed by atoms with Crippen molar-refractivity contribution in [1.29, 1.82) is 5.26 Å². The van der Waals surface area contributed by atoms with Crippen molar-refractivity contribution in [2.45, 2.75) is 32.7 Å². The molecule has 0 spiro atoms. The van der Waals surface area contributed by atoms with E-state index in [9.17, 15) is 10.1 Å². The van der Waals surface area contributed by atoms with Crippen molar-refractivity contribution in [2.24, 2.45) is 0 Å². The lowest BCUT2D eigenvalue weighted by molar-refractivity contribution is -0.127. The van der Waals surface area contributed by atoms with Gasteiger partial charge in [0.1, 0.15) is 11.6 Å². The van der Waals surface area contributed by atoms with Gasteiger partial charge in [-0.2, -0.15) is 5.26 Å². The maximum absolute atomic E-state index is 12.2. The number of rotatable bonds is 4. The summed E-state index contributed by atoms with van der Waals surface area (Å²) in [5.41, 5.74) is 2.54. The summed E-state index contributed by atoms with van der Waals surface area (Å²) in [5, 5.41) is 12.3. The van der Waals surface area contributed by atoms with Crippen LogP contribution in [0.25, 0.3) is 0 Å². The SMILES string of the molecule is Cc1ccccc1CN/C=C(/C#N)C(=O)N1CCCCC1. The second-order valence-electron chi connectivity index (χ2n) is 5.33. The van der Waals surface area contributed by atoms with E-state index >= 15 is 0 Å². The van der Waals surface area contributed by atoms with Gasteiger partial charge in [-0.25, -0.2) is 0 Å². The Balaban J connectivity index is 1.96.